The lowest BCUT2D eigenvalue weighted by molar-refractivity contribution is -0.113. The molecule has 4 aromatic rings. The molecule has 3 heterocycles. The third-order valence-corrected chi connectivity index (χ3v) is 6.92. The number of anilines is 1. The summed E-state index contributed by atoms with van der Waals surface area (Å²) in [7, 11) is 1.83. The Hall–Kier alpha value is -3.53. The SMILES string of the molecule is Cc1c(-c2csc(N3C(=O)/C(=C\c4ccc(Cl)cc4)NC3=S)n2)c(=O)n(-c2ccccc2)n1C. The van der Waals surface area contributed by atoms with Crippen LogP contribution in [0.25, 0.3) is 23.0 Å². The number of rotatable bonds is 4. The Balaban J connectivity index is 1.49. The molecule has 0 saturated carbocycles. The van der Waals surface area contributed by atoms with Crippen molar-refractivity contribution in [1.82, 2.24) is 19.7 Å². The molecule has 5 rings (SSSR count). The molecule has 1 aliphatic rings. The van der Waals surface area contributed by atoms with Crippen molar-refractivity contribution in [3.63, 3.8) is 0 Å². The van der Waals surface area contributed by atoms with Crippen LogP contribution in [0.2, 0.25) is 5.02 Å². The average Bonchev–Trinajstić information content (AvgIpc) is 3.46. The summed E-state index contributed by atoms with van der Waals surface area (Å²) in [6, 6.07) is 16.5. The molecule has 2 aromatic heterocycles. The average molecular weight is 508 g/mol. The Morgan fingerprint density at radius 3 is 2.50 bits per heavy atom. The van der Waals surface area contributed by atoms with Gasteiger partial charge in [0.05, 0.1) is 16.9 Å². The number of nitrogens with one attached hydrogen (secondary N) is 1. The first-order valence-electron chi connectivity index (χ1n) is 10.3. The zero-order valence-electron chi connectivity index (χ0n) is 18.2. The highest BCUT2D eigenvalue weighted by atomic mass is 35.5. The lowest BCUT2D eigenvalue weighted by Gasteiger charge is -2.08. The molecule has 1 amide bonds. The number of carbonyl (C=O) groups is 1. The Morgan fingerprint density at radius 1 is 1.09 bits per heavy atom. The van der Waals surface area contributed by atoms with E-state index in [4.69, 9.17) is 23.8 Å². The van der Waals surface area contributed by atoms with Crippen LogP contribution in [0.5, 0.6) is 0 Å². The standard InChI is InChI=1S/C24H18ClN5O2S2/c1-14-20(22(32)30(28(14)2)17-6-4-3-5-7-17)19-13-34-24(27-19)29-21(31)18(26-23(29)33)12-15-8-10-16(25)11-9-15/h3-13H,1-2H3,(H,26,33)/b18-12+. The molecule has 34 heavy (non-hydrogen) atoms. The van der Waals surface area contributed by atoms with Gasteiger partial charge in [0.15, 0.2) is 10.2 Å². The summed E-state index contributed by atoms with van der Waals surface area (Å²) in [6.45, 7) is 1.87. The largest absolute Gasteiger partial charge is 0.327 e. The Bertz CT molecular complexity index is 1520. The van der Waals surface area contributed by atoms with Crippen LogP contribution < -0.4 is 15.8 Å². The minimum atomic E-state index is -0.313. The van der Waals surface area contributed by atoms with Gasteiger partial charge in [-0.2, -0.15) is 0 Å². The van der Waals surface area contributed by atoms with E-state index in [9.17, 15) is 9.59 Å². The number of thiazole rings is 1. The number of thiocarbonyl (C=S) groups is 1. The predicted molar refractivity (Wildman–Crippen MR) is 140 cm³/mol. The summed E-state index contributed by atoms with van der Waals surface area (Å²) < 4.78 is 3.40. The number of aromatic nitrogens is 3. The zero-order chi connectivity index (χ0) is 24.0. The molecule has 1 fully saturated rings. The van der Waals surface area contributed by atoms with Crippen LogP contribution in [0, 0.1) is 6.92 Å². The number of amides is 1. The van der Waals surface area contributed by atoms with E-state index in [-0.39, 0.29) is 16.6 Å². The Labute approximate surface area is 209 Å². The summed E-state index contributed by atoms with van der Waals surface area (Å²) in [5, 5.41) is 5.97. The highest BCUT2D eigenvalue weighted by Gasteiger charge is 2.34. The van der Waals surface area contributed by atoms with E-state index in [0.717, 1.165) is 16.9 Å². The van der Waals surface area contributed by atoms with Crippen LogP contribution in [0.4, 0.5) is 5.13 Å². The monoisotopic (exact) mass is 507 g/mol. The van der Waals surface area contributed by atoms with E-state index >= 15 is 0 Å². The molecule has 0 unspecified atom stereocenters. The molecule has 0 spiro atoms. The van der Waals surface area contributed by atoms with Crippen molar-refractivity contribution in [3.05, 3.63) is 92.3 Å². The van der Waals surface area contributed by atoms with Gasteiger partial charge in [-0.1, -0.05) is 41.9 Å². The number of halogens is 1. The van der Waals surface area contributed by atoms with Crippen molar-refractivity contribution in [2.45, 2.75) is 6.92 Å². The van der Waals surface area contributed by atoms with Crippen molar-refractivity contribution in [3.8, 4) is 16.9 Å². The quantitative estimate of drug-likeness (QED) is 0.325. The number of hydrogen-bond acceptors (Lipinski definition) is 5. The number of nitrogens with zero attached hydrogens (tertiary/aromatic N) is 4. The summed E-state index contributed by atoms with van der Waals surface area (Å²) in [5.41, 5.74) is 3.48. The van der Waals surface area contributed by atoms with Gasteiger partial charge in [-0.25, -0.2) is 14.6 Å². The fourth-order valence-corrected chi connectivity index (χ4v) is 5.06. The number of carbonyl (C=O) groups excluding carboxylic acids is 1. The summed E-state index contributed by atoms with van der Waals surface area (Å²) >= 11 is 12.6. The van der Waals surface area contributed by atoms with Gasteiger partial charge in [0.2, 0.25) is 0 Å². The third-order valence-electron chi connectivity index (χ3n) is 5.55. The smallest absolute Gasteiger partial charge is 0.282 e. The second-order valence-electron chi connectivity index (χ2n) is 7.63. The molecule has 2 aromatic carbocycles. The number of hydrogen-bond donors (Lipinski definition) is 1. The first kappa shape index (κ1) is 22.3. The molecular weight excluding hydrogens is 490 g/mol. The fourth-order valence-electron chi connectivity index (χ4n) is 3.78. The van der Waals surface area contributed by atoms with E-state index in [0.29, 0.717) is 27.1 Å². The van der Waals surface area contributed by atoms with Crippen molar-refractivity contribution in [1.29, 1.82) is 0 Å². The maximum Gasteiger partial charge on any atom is 0.282 e. The molecular formula is C24H18ClN5O2S2. The van der Waals surface area contributed by atoms with Crippen LogP contribution in [0.3, 0.4) is 0 Å². The van der Waals surface area contributed by atoms with E-state index < -0.39 is 0 Å². The van der Waals surface area contributed by atoms with Crippen LogP contribution in [-0.2, 0) is 11.8 Å². The van der Waals surface area contributed by atoms with Crippen molar-refractivity contribution in [2.75, 3.05) is 4.90 Å². The van der Waals surface area contributed by atoms with E-state index in [1.165, 1.54) is 16.2 Å². The minimum Gasteiger partial charge on any atom is -0.327 e. The van der Waals surface area contributed by atoms with Gasteiger partial charge in [-0.15, -0.1) is 11.3 Å². The molecule has 10 heteroatoms. The summed E-state index contributed by atoms with van der Waals surface area (Å²) in [6.07, 6.45) is 1.71. The van der Waals surface area contributed by atoms with Crippen molar-refractivity contribution < 1.29 is 4.79 Å². The normalized spacial score (nSPS) is 14.8. The Kier molecular flexibility index (Phi) is 5.68. The van der Waals surface area contributed by atoms with Crippen LogP contribution in [0.1, 0.15) is 11.3 Å². The minimum absolute atomic E-state index is 0.181. The van der Waals surface area contributed by atoms with Crippen LogP contribution in [-0.4, -0.2) is 25.4 Å². The third kappa shape index (κ3) is 3.77. The van der Waals surface area contributed by atoms with Crippen LogP contribution in [0.15, 0.2) is 70.5 Å². The lowest BCUT2D eigenvalue weighted by atomic mass is 10.2. The topological polar surface area (TPSA) is 72.2 Å². The van der Waals surface area contributed by atoms with E-state index in [1.54, 1.807) is 33.0 Å². The Morgan fingerprint density at radius 2 is 1.79 bits per heavy atom. The lowest BCUT2D eigenvalue weighted by Crippen LogP contribution is -2.30. The molecule has 0 radical (unpaired) electrons. The predicted octanol–water partition coefficient (Wildman–Crippen LogP) is 4.52. The number of para-hydroxylation sites is 1. The van der Waals surface area contributed by atoms with Gasteiger partial charge in [0.25, 0.3) is 11.5 Å². The van der Waals surface area contributed by atoms with Gasteiger partial charge in [-0.05, 0) is 55.0 Å². The summed E-state index contributed by atoms with van der Waals surface area (Å²) in [5.74, 6) is -0.313. The highest BCUT2D eigenvalue weighted by Crippen LogP contribution is 2.31. The van der Waals surface area contributed by atoms with Gasteiger partial charge in [0.1, 0.15) is 5.70 Å². The fraction of sp³-hybridized carbons (Fsp3) is 0.0833. The summed E-state index contributed by atoms with van der Waals surface area (Å²) in [4.78, 5) is 32.4. The molecule has 170 valence electrons. The molecule has 1 N–H and O–H groups in total. The van der Waals surface area contributed by atoms with Gasteiger partial charge in [0, 0.05) is 23.1 Å². The molecule has 1 saturated heterocycles. The first-order chi connectivity index (χ1) is 16.3. The van der Waals surface area contributed by atoms with Crippen LogP contribution >= 0.6 is 35.2 Å². The zero-order valence-corrected chi connectivity index (χ0v) is 20.5. The first-order valence-corrected chi connectivity index (χ1v) is 11.9. The second kappa shape index (κ2) is 8.68. The molecule has 7 nitrogen and oxygen atoms in total. The van der Waals surface area contributed by atoms with Crippen molar-refractivity contribution in [2.24, 2.45) is 7.05 Å². The van der Waals surface area contributed by atoms with E-state index in [2.05, 4.69) is 10.3 Å². The van der Waals surface area contributed by atoms with Crippen molar-refractivity contribution >= 4 is 57.4 Å². The van der Waals surface area contributed by atoms with Gasteiger partial charge < -0.3 is 5.32 Å². The maximum absolute atomic E-state index is 13.3. The molecule has 0 bridgehead atoms. The highest BCUT2D eigenvalue weighted by molar-refractivity contribution is 7.80. The molecule has 1 aliphatic heterocycles. The molecule has 0 aliphatic carbocycles. The maximum atomic E-state index is 13.3. The van der Waals surface area contributed by atoms with Gasteiger partial charge >= 0.3 is 0 Å². The van der Waals surface area contributed by atoms with E-state index in [1.807, 2.05) is 56.4 Å². The molecule has 0 atom stereocenters. The second-order valence-corrected chi connectivity index (χ2v) is 9.29. The number of benzene rings is 2. The van der Waals surface area contributed by atoms with Gasteiger partial charge in [-0.3, -0.25) is 14.3 Å².